The van der Waals surface area contributed by atoms with Crippen LogP contribution in [-0.4, -0.2) is 29.8 Å². The molecule has 0 aromatic heterocycles. The Kier molecular flexibility index (Phi) is 4.77. The number of amides is 2. The highest BCUT2D eigenvalue weighted by Gasteiger charge is 2.19. The van der Waals surface area contributed by atoms with Gasteiger partial charge in [0, 0.05) is 18.8 Å². The second kappa shape index (κ2) is 6.55. The largest absolute Gasteiger partial charge is 0.342 e. The molecule has 1 saturated heterocycles. The summed E-state index contributed by atoms with van der Waals surface area (Å²) in [6.07, 6.45) is 3.21. The third kappa shape index (κ3) is 3.59. The number of carbonyl (C=O) groups excluding carboxylic acids is 2. The molecule has 2 rings (SSSR count). The van der Waals surface area contributed by atoms with E-state index in [2.05, 4.69) is 5.32 Å². The maximum Gasteiger partial charge on any atom is 0.233 e. The smallest absolute Gasteiger partial charge is 0.233 e. The van der Waals surface area contributed by atoms with Crippen LogP contribution in [0.1, 0.15) is 36.8 Å². The Morgan fingerprint density at radius 3 is 2.30 bits per heavy atom. The number of rotatable bonds is 3. The SMILES string of the molecule is Cc1cccc(C)c1NC(=O)CC(=O)N1CCCCC1. The lowest BCUT2D eigenvalue weighted by Gasteiger charge is -2.26. The molecule has 1 aromatic carbocycles. The maximum absolute atomic E-state index is 12.0. The maximum atomic E-state index is 12.0. The number of hydrogen-bond donors (Lipinski definition) is 1. The van der Waals surface area contributed by atoms with Gasteiger partial charge in [0.05, 0.1) is 0 Å². The molecule has 1 aromatic rings. The fourth-order valence-corrected chi connectivity index (χ4v) is 2.59. The van der Waals surface area contributed by atoms with Gasteiger partial charge in [0.15, 0.2) is 0 Å². The van der Waals surface area contributed by atoms with Crippen molar-refractivity contribution in [3.8, 4) is 0 Å². The lowest BCUT2D eigenvalue weighted by atomic mass is 10.1. The number of piperidine rings is 1. The number of carbonyl (C=O) groups is 2. The molecule has 4 heteroatoms. The van der Waals surface area contributed by atoms with Gasteiger partial charge >= 0.3 is 0 Å². The topological polar surface area (TPSA) is 49.4 Å². The summed E-state index contributed by atoms with van der Waals surface area (Å²) in [7, 11) is 0. The molecular formula is C16H22N2O2. The average molecular weight is 274 g/mol. The number of anilines is 1. The molecule has 1 aliphatic rings. The molecular weight excluding hydrogens is 252 g/mol. The first-order chi connectivity index (χ1) is 9.58. The fraction of sp³-hybridized carbons (Fsp3) is 0.500. The number of aryl methyl sites for hydroxylation is 2. The fourth-order valence-electron chi connectivity index (χ4n) is 2.59. The highest BCUT2D eigenvalue weighted by atomic mass is 16.2. The Labute approximate surface area is 120 Å². The molecule has 4 nitrogen and oxygen atoms in total. The molecule has 0 atom stereocenters. The van der Waals surface area contributed by atoms with Gasteiger partial charge in [-0.2, -0.15) is 0 Å². The van der Waals surface area contributed by atoms with Crippen molar-refractivity contribution >= 4 is 17.5 Å². The van der Waals surface area contributed by atoms with Crippen LogP contribution in [0, 0.1) is 13.8 Å². The van der Waals surface area contributed by atoms with Gasteiger partial charge in [-0.05, 0) is 44.2 Å². The van der Waals surface area contributed by atoms with Crippen LogP contribution in [-0.2, 0) is 9.59 Å². The molecule has 1 aliphatic heterocycles. The monoisotopic (exact) mass is 274 g/mol. The van der Waals surface area contributed by atoms with Crippen molar-refractivity contribution in [1.82, 2.24) is 4.90 Å². The third-order valence-electron chi connectivity index (χ3n) is 3.77. The van der Waals surface area contributed by atoms with E-state index in [-0.39, 0.29) is 18.2 Å². The molecule has 0 saturated carbocycles. The van der Waals surface area contributed by atoms with Crippen molar-refractivity contribution in [2.45, 2.75) is 39.5 Å². The van der Waals surface area contributed by atoms with Gasteiger partial charge in [-0.25, -0.2) is 0 Å². The normalized spacial score (nSPS) is 15.0. The Bertz CT molecular complexity index is 485. The van der Waals surface area contributed by atoms with E-state index in [1.165, 1.54) is 6.42 Å². The van der Waals surface area contributed by atoms with Crippen LogP contribution in [0.15, 0.2) is 18.2 Å². The molecule has 0 radical (unpaired) electrons. The minimum atomic E-state index is -0.224. The summed E-state index contributed by atoms with van der Waals surface area (Å²) in [6.45, 7) is 5.48. The number of hydrogen-bond acceptors (Lipinski definition) is 2. The summed E-state index contributed by atoms with van der Waals surface area (Å²) in [5.74, 6) is -0.286. The minimum absolute atomic E-state index is 0.0616. The van der Waals surface area contributed by atoms with Gasteiger partial charge in [-0.3, -0.25) is 9.59 Å². The van der Waals surface area contributed by atoms with Gasteiger partial charge in [0.1, 0.15) is 6.42 Å². The molecule has 2 amide bonds. The Balaban J connectivity index is 1.93. The highest BCUT2D eigenvalue weighted by Crippen LogP contribution is 2.19. The summed E-state index contributed by atoms with van der Waals surface area (Å²) >= 11 is 0. The first-order valence-corrected chi connectivity index (χ1v) is 7.22. The van der Waals surface area contributed by atoms with Crippen molar-refractivity contribution in [2.24, 2.45) is 0 Å². The zero-order valence-electron chi connectivity index (χ0n) is 12.2. The van der Waals surface area contributed by atoms with Crippen molar-refractivity contribution < 1.29 is 9.59 Å². The molecule has 1 fully saturated rings. The van der Waals surface area contributed by atoms with Crippen molar-refractivity contribution in [1.29, 1.82) is 0 Å². The number of likely N-dealkylation sites (tertiary alicyclic amines) is 1. The van der Waals surface area contributed by atoms with Gasteiger partial charge in [-0.15, -0.1) is 0 Å². The van der Waals surface area contributed by atoms with E-state index in [9.17, 15) is 9.59 Å². The van der Waals surface area contributed by atoms with Crippen LogP contribution in [0.3, 0.4) is 0 Å². The summed E-state index contributed by atoms with van der Waals surface area (Å²) in [6, 6.07) is 5.86. The van der Waals surface area contributed by atoms with Crippen LogP contribution in [0.2, 0.25) is 0 Å². The minimum Gasteiger partial charge on any atom is -0.342 e. The molecule has 20 heavy (non-hydrogen) atoms. The van der Waals surface area contributed by atoms with Crippen molar-refractivity contribution in [3.05, 3.63) is 29.3 Å². The van der Waals surface area contributed by atoms with Gasteiger partial charge in [-0.1, -0.05) is 18.2 Å². The zero-order valence-corrected chi connectivity index (χ0v) is 12.2. The summed E-state index contributed by atoms with van der Waals surface area (Å²) < 4.78 is 0. The predicted octanol–water partition coefficient (Wildman–Crippen LogP) is 2.64. The Morgan fingerprint density at radius 2 is 1.70 bits per heavy atom. The summed E-state index contributed by atoms with van der Waals surface area (Å²) in [5.41, 5.74) is 2.86. The van der Waals surface area contributed by atoms with Crippen LogP contribution in [0.4, 0.5) is 5.69 Å². The van der Waals surface area contributed by atoms with E-state index in [1.807, 2.05) is 32.0 Å². The molecule has 0 spiro atoms. The molecule has 0 bridgehead atoms. The molecule has 1 N–H and O–H groups in total. The van der Waals surface area contributed by atoms with Gasteiger partial charge in [0.25, 0.3) is 0 Å². The lowest BCUT2D eigenvalue weighted by molar-refractivity contribution is -0.135. The predicted molar refractivity (Wildman–Crippen MR) is 79.6 cm³/mol. The number of benzene rings is 1. The lowest BCUT2D eigenvalue weighted by Crippen LogP contribution is -2.37. The Hall–Kier alpha value is -1.84. The van der Waals surface area contributed by atoms with E-state index in [1.54, 1.807) is 4.90 Å². The standard InChI is InChI=1S/C16H22N2O2/c1-12-7-6-8-13(2)16(12)17-14(19)11-15(20)18-9-4-3-5-10-18/h6-8H,3-5,9-11H2,1-2H3,(H,17,19). The molecule has 0 aliphatic carbocycles. The second-order valence-electron chi connectivity index (χ2n) is 5.43. The van der Waals surface area contributed by atoms with E-state index < -0.39 is 0 Å². The highest BCUT2D eigenvalue weighted by molar-refractivity contribution is 6.04. The van der Waals surface area contributed by atoms with Crippen LogP contribution in [0.25, 0.3) is 0 Å². The van der Waals surface area contributed by atoms with Crippen molar-refractivity contribution in [3.63, 3.8) is 0 Å². The van der Waals surface area contributed by atoms with E-state index in [0.29, 0.717) is 0 Å². The first-order valence-electron chi connectivity index (χ1n) is 7.22. The summed E-state index contributed by atoms with van der Waals surface area (Å²) in [5, 5.41) is 2.86. The van der Waals surface area contributed by atoms with E-state index >= 15 is 0 Å². The third-order valence-corrected chi connectivity index (χ3v) is 3.77. The van der Waals surface area contributed by atoms with Crippen LogP contribution >= 0.6 is 0 Å². The first kappa shape index (κ1) is 14.6. The number of nitrogens with one attached hydrogen (secondary N) is 1. The van der Waals surface area contributed by atoms with Crippen LogP contribution < -0.4 is 5.32 Å². The Morgan fingerprint density at radius 1 is 1.10 bits per heavy atom. The van der Waals surface area contributed by atoms with E-state index in [4.69, 9.17) is 0 Å². The van der Waals surface area contributed by atoms with Crippen molar-refractivity contribution in [2.75, 3.05) is 18.4 Å². The average Bonchev–Trinajstić information content (AvgIpc) is 2.44. The van der Waals surface area contributed by atoms with Gasteiger partial charge in [0.2, 0.25) is 11.8 Å². The van der Waals surface area contributed by atoms with Gasteiger partial charge < -0.3 is 10.2 Å². The quantitative estimate of drug-likeness (QED) is 0.861. The van der Waals surface area contributed by atoms with Crippen LogP contribution in [0.5, 0.6) is 0 Å². The second-order valence-corrected chi connectivity index (χ2v) is 5.43. The molecule has 1 heterocycles. The number of nitrogens with zero attached hydrogens (tertiary/aromatic N) is 1. The van der Waals surface area contributed by atoms with E-state index in [0.717, 1.165) is 42.7 Å². The molecule has 108 valence electrons. The molecule has 0 unspecified atom stereocenters. The number of para-hydroxylation sites is 1. The summed E-state index contributed by atoms with van der Waals surface area (Å²) in [4.78, 5) is 25.8. The zero-order chi connectivity index (χ0) is 14.5.